The molecule has 0 fully saturated rings. The molecule has 146 valence electrons. The van der Waals surface area contributed by atoms with Gasteiger partial charge in [-0.15, -0.1) is 0 Å². The summed E-state index contributed by atoms with van der Waals surface area (Å²) in [6, 6.07) is 7.77. The van der Waals surface area contributed by atoms with E-state index in [1.807, 2.05) is 24.3 Å². The lowest BCUT2D eigenvalue weighted by atomic mass is 10.0. The van der Waals surface area contributed by atoms with Crippen LogP contribution in [0, 0.1) is 0 Å². The van der Waals surface area contributed by atoms with Crippen molar-refractivity contribution in [2.75, 3.05) is 32.8 Å². The van der Waals surface area contributed by atoms with E-state index in [1.165, 1.54) is 5.56 Å². The van der Waals surface area contributed by atoms with E-state index in [4.69, 9.17) is 14.2 Å². The standard InChI is InChI=1S/C21H23N3O4/c1-12(25)14-8-15-16(9-19(14)26-2)23-22-11-18(15)24-6-5-13-7-20(27-3)21(28-4)10-17(13)24/h7-12,25H,5-6H2,1-4H3. The van der Waals surface area contributed by atoms with Crippen molar-refractivity contribution in [3.05, 3.63) is 41.6 Å². The van der Waals surface area contributed by atoms with Gasteiger partial charge in [-0.3, -0.25) is 0 Å². The molecule has 28 heavy (non-hydrogen) atoms. The Morgan fingerprint density at radius 2 is 1.68 bits per heavy atom. The van der Waals surface area contributed by atoms with Gasteiger partial charge in [-0.25, -0.2) is 0 Å². The van der Waals surface area contributed by atoms with E-state index in [-0.39, 0.29) is 0 Å². The molecule has 0 amide bonds. The number of fused-ring (bicyclic) bond motifs is 2. The molecule has 1 atom stereocenters. The average Bonchev–Trinajstić information content (AvgIpc) is 3.13. The third-order valence-corrected chi connectivity index (χ3v) is 5.19. The Hall–Kier alpha value is -3.06. The van der Waals surface area contributed by atoms with Gasteiger partial charge in [0.1, 0.15) is 5.75 Å². The molecule has 1 aliphatic heterocycles. The summed E-state index contributed by atoms with van der Waals surface area (Å²) in [5, 5.41) is 19.5. The summed E-state index contributed by atoms with van der Waals surface area (Å²) < 4.78 is 16.3. The number of benzene rings is 2. The first-order valence-corrected chi connectivity index (χ1v) is 9.11. The van der Waals surface area contributed by atoms with Crippen LogP contribution in [0.15, 0.2) is 30.5 Å². The summed E-state index contributed by atoms with van der Waals surface area (Å²) in [7, 11) is 4.86. The molecule has 2 heterocycles. The number of rotatable bonds is 5. The number of hydrogen-bond acceptors (Lipinski definition) is 7. The van der Waals surface area contributed by atoms with E-state index in [2.05, 4.69) is 15.1 Å². The van der Waals surface area contributed by atoms with Crippen molar-refractivity contribution in [1.29, 1.82) is 0 Å². The summed E-state index contributed by atoms with van der Waals surface area (Å²) in [4.78, 5) is 2.20. The van der Waals surface area contributed by atoms with Gasteiger partial charge in [0.05, 0.1) is 44.8 Å². The topological polar surface area (TPSA) is 76.9 Å². The van der Waals surface area contributed by atoms with Crippen LogP contribution >= 0.6 is 0 Å². The Bertz CT molecular complexity index is 1040. The fourth-order valence-electron chi connectivity index (χ4n) is 3.77. The zero-order valence-corrected chi connectivity index (χ0v) is 16.4. The summed E-state index contributed by atoms with van der Waals surface area (Å²) in [6.45, 7) is 2.53. The molecular weight excluding hydrogens is 358 g/mol. The predicted octanol–water partition coefficient (Wildman–Crippen LogP) is 3.40. The molecule has 1 unspecified atom stereocenters. The van der Waals surface area contributed by atoms with Crippen LogP contribution in [-0.4, -0.2) is 43.2 Å². The molecule has 0 saturated carbocycles. The molecule has 7 nitrogen and oxygen atoms in total. The summed E-state index contributed by atoms with van der Waals surface area (Å²) >= 11 is 0. The highest BCUT2D eigenvalue weighted by Crippen LogP contribution is 2.43. The zero-order valence-electron chi connectivity index (χ0n) is 16.4. The van der Waals surface area contributed by atoms with Gasteiger partial charge in [0, 0.05) is 35.3 Å². The van der Waals surface area contributed by atoms with Gasteiger partial charge in [-0.05, 0) is 31.0 Å². The van der Waals surface area contributed by atoms with Crippen LogP contribution in [0.5, 0.6) is 17.2 Å². The SMILES string of the molecule is COc1cc2c(cc1OC)N(c1cnnc3cc(OC)c(C(C)O)cc13)CC2. The summed E-state index contributed by atoms with van der Waals surface area (Å²) in [5.41, 5.74) is 4.61. The van der Waals surface area contributed by atoms with Crippen LogP contribution in [0.3, 0.4) is 0 Å². The maximum Gasteiger partial charge on any atom is 0.162 e. The number of methoxy groups -OCH3 is 3. The van der Waals surface area contributed by atoms with Crippen LogP contribution in [0.1, 0.15) is 24.2 Å². The van der Waals surface area contributed by atoms with Gasteiger partial charge in [-0.2, -0.15) is 10.2 Å². The van der Waals surface area contributed by atoms with Gasteiger partial charge >= 0.3 is 0 Å². The van der Waals surface area contributed by atoms with Crippen LogP contribution < -0.4 is 19.1 Å². The van der Waals surface area contributed by atoms with Gasteiger partial charge in [0.25, 0.3) is 0 Å². The minimum atomic E-state index is -0.657. The molecule has 3 aromatic rings. The zero-order chi connectivity index (χ0) is 19.8. The summed E-state index contributed by atoms with van der Waals surface area (Å²) in [6.07, 6.45) is 1.99. The lowest BCUT2D eigenvalue weighted by Crippen LogP contribution is -2.14. The number of aliphatic hydroxyl groups excluding tert-OH is 1. The number of anilines is 2. The molecule has 4 rings (SSSR count). The maximum absolute atomic E-state index is 10.2. The molecule has 1 N–H and O–H groups in total. The Morgan fingerprint density at radius 3 is 2.36 bits per heavy atom. The lowest BCUT2D eigenvalue weighted by molar-refractivity contribution is 0.194. The maximum atomic E-state index is 10.2. The Labute approximate surface area is 163 Å². The van der Waals surface area contributed by atoms with E-state index in [0.717, 1.165) is 41.0 Å². The number of aliphatic hydroxyl groups is 1. The first-order chi connectivity index (χ1) is 13.6. The second-order valence-corrected chi connectivity index (χ2v) is 6.75. The number of ether oxygens (including phenoxy) is 3. The second kappa shape index (κ2) is 7.16. The molecule has 1 aromatic heterocycles. The van der Waals surface area contributed by atoms with Crippen molar-refractivity contribution in [3.63, 3.8) is 0 Å². The van der Waals surface area contributed by atoms with Gasteiger partial charge in [-0.1, -0.05) is 0 Å². The molecule has 0 saturated heterocycles. The lowest BCUT2D eigenvalue weighted by Gasteiger charge is -2.22. The monoisotopic (exact) mass is 381 g/mol. The number of aromatic nitrogens is 2. The molecule has 0 aliphatic carbocycles. The number of hydrogen-bond donors (Lipinski definition) is 1. The van der Waals surface area contributed by atoms with Crippen LogP contribution in [0.2, 0.25) is 0 Å². The minimum absolute atomic E-state index is 0.599. The molecule has 7 heteroatoms. The van der Waals surface area contributed by atoms with Crippen LogP contribution in [-0.2, 0) is 6.42 Å². The highest BCUT2D eigenvalue weighted by molar-refractivity contribution is 5.95. The minimum Gasteiger partial charge on any atom is -0.496 e. The third kappa shape index (κ3) is 2.88. The fraction of sp³-hybridized carbons (Fsp3) is 0.333. The first-order valence-electron chi connectivity index (χ1n) is 9.11. The predicted molar refractivity (Wildman–Crippen MR) is 107 cm³/mol. The van der Waals surface area contributed by atoms with Crippen LogP contribution in [0.25, 0.3) is 10.9 Å². The van der Waals surface area contributed by atoms with Crippen LogP contribution in [0.4, 0.5) is 11.4 Å². The molecule has 0 radical (unpaired) electrons. The van der Waals surface area contributed by atoms with Crippen molar-refractivity contribution in [2.45, 2.75) is 19.4 Å². The van der Waals surface area contributed by atoms with Gasteiger partial charge in [0.15, 0.2) is 11.5 Å². The van der Waals surface area contributed by atoms with E-state index in [9.17, 15) is 5.11 Å². The van der Waals surface area contributed by atoms with Gasteiger partial charge in [0.2, 0.25) is 0 Å². The van der Waals surface area contributed by atoms with Crippen molar-refractivity contribution in [2.24, 2.45) is 0 Å². The third-order valence-electron chi connectivity index (χ3n) is 5.19. The van der Waals surface area contributed by atoms with E-state index >= 15 is 0 Å². The van der Waals surface area contributed by atoms with Crippen molar-refractivity contribution in [3.8, 4) is 17.2 Å². The molecule has 0 bridgehead atoms. The largest absolute Gasteiger partial charge is 0.496 e. The van der Waals surface area contributed by atoms with Gasteiger partial charge < -0.3 is 24.2 Å². The second-order valence-electron chi connectivity index (χ2n) is 6.75. The first kappa shape index (κ1) is 18.3. The van der Waals surface area contributed by atoms with Crippen molar-refractivity contribution >= 4 is 22.3 Å². The van der Waals surface area contributed by atoms with Crippen molar-refractivity contribution in [1.82, 2.24) is 10.2 Å². The van der Waals surface area contributed by atoms with E-state index in [1.54, 1.807) is 34.4 Å². The van der Waals surface area contributed by atoms with E-state index < -0.39 is 6.10 Å². The number of nitrogens with zero attached hydrogens (tertiary/aromatic N) is 3. The molecule has 2 aromatic carbocycles. The van der Waals surface area contributed by atoms with Crippen molar-refractivity contribution < 1.29 is 19.3 Å². The molecule has 0 spiro atoms. The molecular formula is C21H23N3O4. The average molecular weight is 381 g/mol. The van der Waals surface area contributed by atoms with E-state index in [0.29, 0.717) is 17.0 Å². The Kier molecular flexibility index (Phi) is 4.68. The quantitative estimate of drug-likeness (QED) is 0.726. The Balaban J connectivity index is 1.89. The Morgan fingerprint density at radius 1 is 0.964 bits per heavy atom. The highest BCUT2D eigenvalue weighted by atomic mass is 16.5. The smallest absolute Gasteiger partial charge is 0.162 e. The highest BCUT2D eigenvalue weighted by Gasteiger charge is 2.26. The fourth-order valence-corrected chi connectivity index (χ4v) is 3.77. The summed E-state index contributed by atoms with van der Waals surface area (Å²) in [5.74, 6) is 2.01. The normalized spacial score (nSPS) is 14.1. The molecule has 1 aliphatic rings.